The molecule has 0 aliphatic heterocycles. The molecule has 0 aromatic carbocycles. The van der Waals surface area contributed by atoms with Crippen LogP contribution in [0.3, 0.4) is 0 Å². The van der Waals surface area contributed by atoms with Gasteiger partial charge in [-0.15, -0.1) is 0 Å². The number of esters is 1. The van der Waals surface area contributed by atoms with Crippen molar-refractivity contribution >= 4 is 5.97 Å². The van der Waals surface area contributed by atoms with Crippen LogP contribution < -0.4 is 0 Å². The van der Waals surface area contributed by atoms with E-state index in [1.807, 2.05) is 6.92 Å². The normalized spacial score (nSPS) is 11.4. The van der Waals surface area contributed by atoms with E-state index in [0.29, 0.717) is 6.61 Å². The zero-order chi connectivity index (χ0) is 8.69. The summed E-state index contributed by atoms with van der Waals surface area (Å²) in [6.07, 6.45) is 2.05. The molecule has 0 saturated heterocycles. The lowest BCUT2D eigenvalue weighted by molar-refractivity contribution is -0.139. The largest absolute Gasteiger partial charge is 0.462 e. The fourth-order valence-corrected chi connectivity index (χ4v) is 0.468. The summed E-state index contributed by atoms with van der Waals surface area (Å²) in [6, 6.07) is 0. The Bertz CT molecular complexity index is 152. The molecule has 0 amide bonds. The van der Waals surface area contributed by atoms with Gasteiger partial charge in [0, 0.05) is 0 Å². The monoisotopic (exact) mass is 160 g/mol. The van der Waals surface area contributed by atoms with E-state index in [2.05, 4.69) is 4.74 Å². The van der Waals surface area contributed by atoms with Crippen LogP contribution in [0.15, 0.2) is 11.9 Å². The first-order valence-corrected chi connectivity index (χ1v) is 3.66. The van der Waals surface area contributed by atoms with Crippen LogP contribution in [0.2, 0.25) is 0 Å². The van der Waals surface area contributed by atoms with Gasteiger partial charge in [-0.2, -0.15) is 0 Å². The van der Waals surface area contributed by atoms with Gasteiger partial charge in [0.15, 0.2) is 0 Å². The molecular weight excluding hydrogens is 147 g/mol. The van der Waals surface area contributed by atoms with Crippen molar-refractivity contribution in [3.05, 3.63) is 11.9 Å². The van der Waals surface area contributed by atoms with E-state index >= 15 is 0 Å². The highest BCUT2D eigenvalue weighted by Gasteiger charge is 2.03. The second kappa shape index (κ2) is 5.89. The second-order valence-corrected chi connectivity index (χ2v) is 2.28. The van der Waals surface area contributed by atoms with Gasteiger partial charge >= 0.3 is 5.97 Å². The van der Waals surface area contributed by atoms with Gasteiger partial charge in [-0.1, -0.05) is 13.3 Å². The number of hydrogen-bond acceptors (Lipinski definition) is 2. The predicted octanol–water partition coefficient (Wildman–Crippen LogP) is 2.20. The molecule has 11 heavy (non-hydrogen) atoms. The Balaban J connectivity index is 3.53. The molecule has 2 nitrogen and oxygen atoms in total. The molecule has 64 valence electrons. The first-order valence-electron chi connectivity index (χ1n) is 3.66. The number of unbranched alkanes of at least 4 members (excludes halogenated alkanes) is 1. The standard InChI is InChI=1S/C8H13FO2/c1-3-4-5-11-8(10)7(2)6-9/h6H,3-5H2,1-2H3. The summed E-state index contributed by atoms with van der Waals surface area (Å²) in [4.78, 5) is 10.7. The summed E-state index contributed by atoms with van der Waals surface area (Å²) >= 11 is 0. The molecule has 0 aromatic heterocycles. The molecule has 0 aromatic rings. The van der Waals surface area contributed by atoms with Crippen LogP contribution in [0.5, 0.6) is 0 Å². The molecule has 3 heteroatoms. The number of hydrogen-bond donors (Lipinski definition) is 0. The summed E-state index contributed by atoms with van der Waals surface area (Å²) in [6.45, 7) is 3.75. The topological polar surface area (TPSA) is 26.3 Å². The predicted molar refractivity (Wildman–Crippen MR) is 40.7 cm³/mol. The Kier molecular flexibility index (Phi) is 5.43. The highest BCUT2D eigenvalue weighted by Crippen LogP contribution is 1.98. The maximum atomic E-state index is 11.7. The minimum atomic E-state index is -0.569. The molecule has 0 spiro atoms. The zero-order valence-electron chi connectivity index (χ0n) is 6.89. The van der Waals surface area contributed by atoms with Crippen LogP contribution in [-0.2, 0) is 9.53 Å². The molecule has 0 heterocycles. The second-order valence-electron chi connectivity index (χ2n) is 2.28. The van der Waals surface area contributed by atoms with E-state index in [0.717, 1.165) is 12.8 Å². The fraction of sp³-hybridized carbons (Fsp3) is 0.625. The van der Waals surface area contributed by atoms with Gasteiger partial charge in [-0.3, -0.25) is 0 Å². The van der Waals surface area contributed by atoms with Gasteiger partial charge in [0.1, 0.15) is 0 Å². The molecule has 0 saturated carbocycles. The molecule has 0 bridgehead atoms. The van der Waals surface area contributed by atoms with Crippen LogP contribution in [0, 0.1) is 0 Å². The highest BCUT2D eigenvalue weighted by molar-refractivity contribution is 5.87. The van der Waals surface area contributed by atoms with E-state index in [-0.39, 0.29) is 11.9 Å². The van der Waals surface area contributed by atoms with E-state index in [1.165, 1.54) is 6.92 Å². The molecule has 0 rings (SSSR count). The Morgan fingerprint density at radius 3 is 2.73 bits per heavy atom. The third-order valence-corrected chi connectivity index (χ3v) is 1.22. The third kappa shape index (κ3) is 4.53. The summed E-state index contributed by atoms with van der Waals surface area (Å²) in [5.74, 6) is -0.569. The van der Waals surface area contributed by atoms with E-state index in [4.69, 9.17) is 0 Å². The van der Waals surface area contributed by atoms with Crippen molar-refractivity contribution in [2.24, 2.45) is 0 Å². The molecule has 0 aliphatic carbocycles. The molecular formula is C8H13FO2. The van der Waals surface area contributed by atoms with Crippen molar-refractivity contribution in [1.82, 2.24) is 0 Å². The minimum absolute atomic E-state index is 0.0149. The Morgan fingerprint density at radius 2 is 2.27 bits per heavy atom. The van der Waals surface area contributed by atoms with Gasteiger partial charge in [0.25, 0.3) is 0 Å². The molecule has 0 N–H and O–H groups in total. The van der Waals surface area contributed by atoms with Crippen LogP contribution in [0.4, 0.5) is 4.39 Å². The molecule has 0 fully saturated rings. The SMILES string of the molecule is CCCCOC(=O)C(C)=CF. The van der Waals surface area contributed by atoms with Crippen molar-refractivity contribution in [1.29, 1.82) is 0 Å². The van der Waals surface area contributed by atoms with Crippen LogP contribution in [-0.4, -0.2) is 12.6 Å². The van der Waals surface area contributed by atoms with Crippen molar-refractivity contribution in [2.45, 2.75) is 26.7 Å². The number of carbonyl (C=O) groups is 1. The zero-order valence-corrected chi connectivity index (χ0v) is 6.89. The lowest BCUT2D eigenvalue weighted by Gasteiger charge is -2.01. The molecule has 0 aliphatic rings. The van der Waals surface area contributed by atoms with Crippen LogP contribution in [0.1, 0.15) is 26.7 Å². The van der Waals surface area contributed by atoms with Gasteiger partial charge in [-0.25, -0.2) is 9.18 Å². The lowest BCUT2D eigenvalue weighted by Crippen LogP contribution is -2.06. The number of rotatable bonds is 4. The Hall–Kier alpha value is -0.860. The van der Waals surface area contributed by atoms with Crippen LogP contribution in [0.25, 0.3) is 0 Å². The number of halogens is 1. The molecule has 0 atom stereocenters. The maximum Gasteiger partial charge on any atom is 0.336 e. The average Bonchev–Trinajstić information content (AvgIpc) is 2.03. The Labute approximate surface area is 66.0 Å². The number of carbonyl (C=O) groups excluding carboxylic acids is 1. The maximum absolute atomic E-state index is 11.7. The van der Waals surface area contributed by atoms with E-state index in [9.17, 15) is 9.18 Å². The van der Waals surface area contributed by atoms with E-state index < -0.39 is 5.97 Å². The summed E-state index contributed by atoms with van der Waals surface area (Å²) in [5.41, 5.74) is 0.0149. The quantitative estimate of drug-likeness (QED) is 0.358. The van der Waals surface area contributed by atoms with Crippen molar-refractivity contribution in [2.75, 3.05) is 6.61 Å². The van der Waals surface area contributed by atoms with Gasteiger partial charge in [0.2, 0.25) is 0 Å². The van der Waals surface area contributed by atoms with Crippen molar-refractivity contribution in [3.63, 3.8) is 0 Å². The first-order chi connectivity index (χ1) is 5.22. The minimum Gasteiger partial charge on any atom is -0.462 e. The van der Waals surface area contributed by atoms with Crippen LogP contribution >= 0.6 is 0 Å². The molecule has 0 unspecified atom stereocenters. The summed E-state index contributed by atoms with van der Waals surface area (Å²) in [5, 5.41) is 0. The Morgan fingerprint density at radius 1 is 1.64 bits per heavy atom. The van der Waals surface area contributed by atoms with Crippen molar-refractivity contribution in [3.8, 4) is 0 Å². The van der Waals surface area contributed by atoms with Gasteiger partial charge in [-0.05, 0) is 13.3 Å². The van der Waals surface area contributed by atoms with Crippen molar-refractivity contribution < 1.29 is 13.9 Å². The summed E-state index contributed by atoms with van der Waals surface area (Å²) in [7, 11) is 0. The highest BCUT2D eigenvalue weighted by atomic mass is 19.1. The fourth-order valence-electron chi connectivity index (χ4n) is 0.468. The number of ether oxygens (including phenoxy) is 1. The third-order valence-electron chi connectivity index (χ3n) is 1.22. The average molecular weight is 160 g/mol. The molecule has 0 radical (unpaired) electrons. The van der Waals surface area contributed by atoms with E-state index in [1.54, 1.807) is 0 Å². The van der Waals surface area contributed by atoms with Gasteiger partial charge < -0.3 is 4.74 Å². The summed E-state index contributed by atoms with van der Waals surface area (Å²) < 4.78 is 16.4. The van der Waals surface area contributed by atoms with Gasteiger partial charge in [0.05, 0.1) is 18.5 Å². The smallest absolute Gasteiger partial charge is 0.336 e. The lowest BCUT2D eigenvalue weighted by atomic mass is 10.3. The first kappa shape index (κ1) is 10.1.